The molecule has 5 heteroatoms. The van der Waals surface area contributed by atoms with Gasteiger partial charge in [0.1, 0.15) is 12.3 Å². The van der Waals surface area contributed by atoms with Gasteiger partial charge in [0.25, 0.3) is 0 Å². The van der Waals surface area contributed by atoms with Gasteiger partial charge < -0.3 is 14.2 Å². The minimum absolute atomic E-state index is 0.000825. The highest BCUT2D eigenvalue weighted by Crippen LogP contribution is 2.60. The summed E-state index contributed by atoms with van der Waals surface area (Å²) >= 11 is 0. The van der Waals surface area contributed by atoms with Gasteiger partial charge in [-0.15, -0.1) is 0 Å². The van der Waals surface area contributed by atoms with Gasteiger partial charge in [-0.05, 0) is 94.2 Å². The zero-order valence-corrected chi connectivity index (χ0v) is 20.6. The van der Waals surface area contributed by atoms with Gasteiger partial charge in [-0.3, -0.25) is 9.59 Å². The summed E-state index contributed by atoms with van der Waals surface area (Å²) < 4.78 is 5.56. The van der Waals surface area contributed by atoms with Crippen LogP contribution in [0, 0.1) is 23.2 Å². The third-order valence-corrected chi connectivity index (χ3v) is 8.47. The molecule has 2 aromatic rings. The van der Waals surface area contributed by atoms with E-state index in [9.17, 15) is 9.59 Å². The molecule has 0 spiro atoms. The van der Waals surface area contributed by atoms with E-state index < -0.39 is 0 Å². The van der Waals surface area contributed by atoms with E-state index >= 15 is 0 Å². The zero-order valence-electron chi connectivity index (χ0n) is 20.6. The molecule has 182 valence electrons. The van der Waals surface area contributed by atoms with Crippen LogP contribution in [0.25, 0.3) is 0 Å². The fraction of sp³-hybridized carbons (Fsp3) is 0.586. The third-order valence-electron chi connectivity index (χ3n) is 8.47. The molecular formula is C29H38N2O3. The van der Waals surface area contributed by atoms with E-state index in [2.05, 4.69) is 12.1 Å². The van der Waals surface area contributed by atoms with Crippen molar-refractivity contribution >= 4 is 11.8 Å². The van der Waals surface area contributed by atoms with Crippen LogP contribution in [0.4, 0.5) is 0 Å². The van der Waals surface area contributed by atoms with Crippen LogP contribution in [0.15, 0.2) is 53.1 Å². The Morgan fingerprint density at radius 1 is 0.971 bits per heavy atom. The highest BCUT2D eigenvalue weighted by atomic mass is 16.3. The van der Waals surface area contributed by atoms with E-state index in [1.54, 1.807) is 6.26 Å². The van der Waals surface area contributed by atoms with Crippen molar-refractivity contribution in [2.24, 2.45) is 23.2 Å². The Morgan fingerprint density at radius 3 is 2.18 bits per heavy atom. The first-order valence-electron chi connectivity index (χ1n) is 13.1. The van der Waals surface area contributed by atoms with Gasteiger partial charge >= 0.3 is 0 Å². The molecule has 4 fully saturated rings. The largest absolute Gasteiger partial charge is 0.467 e. The van der Waals surface area contributed by atoms with Crippen molar-refractivity contribution in [3.63, 3.8) is 0 Å². The lowest BCUT2D eigenvalue weighted by molar-refractivity contribution is -0.162. The molecule has 0 saturated heterocycles. The molecule has 1 aromatic heterocycles. The summed E-state index contributed by atoms with van der Waals surface area (Å²) in [5, 5.41) is 0. The Morgan fingerprint density at radius 2 is 1.62 bits per heavy atom. The molecule has 34 heavy (non-hydrogen) atoms. The van der Waals surface area contributed by atoms with Crippen molar-refractivity contribution < 1.29 is 14.0 Å². The first kappa shape index (κ1) is 23.2. The molecule has 4 bridgehead atoms. The molecule has 1 heterocycles. The van der Waals surface area contributed by atoms with Crippen LogP contribution in [-0.4, -0.2) is 40.7 Å². The Balaban J connectivity index is 1.31. The molecule has 5 nitrogen and oxygen atoms in total. The smallest absolute Gasteiger partial charge is 0.242 e. The van der Waals surface area contributed by atoms with Crippen molar-refractivity contribution in [3.8, 4) is 0 Å². The Kier molecular flexibility index (Phi) is 6.54. The topological polar surface area (TPSA) is 53.8 Å². The molecule has 0 radical (unpaired) electrons. The molecule has 0 unspecified atom stereocenters. The Hall–Kier alpha value is -2.56. The number of carbonyl (C=O) groups excluding carboxylic acids is 2. The van der Waals surface area contributed by atoms with E-state index in [1.165, 1.54) is 24.8 Å². The van der Waals surface area contributed by atoms with E-state index in [4.69, 9.17) is 4.42 Å². The van der Waals surface area contributed by atoms with Crippen molar-refractivity contribution in [2.75, 3.05) is 13.1 Å². The van der Waals surface area contributed by atoms with Crippen LogP contribution in [0.2, 0.25) is 0 Å². The predicted octanol–water partition coefficient (Wildman–Crippen LogP) is 5.30. The maximum absolute atomic E-state index is 14.0. The lowest BCUT2D eigenvalue weighted by atomic mass is 9.49. The summed E-state index contributed by atoms with van der Waals surface area (Å²) in [7, 11) is 0. The maximum atomic E-state index is 14.0. The average Bonchev–Trinajstić information content (AvgIpc) is 3.32. The monoisotopic (exact) mass is 462 g/mol. The number of rotatable bonds is 9. The minimum Gasteiger partial charge on any atom is -0.467 e. The van der Waals surface area contributed by atoms with E-state index in [1.807, 2.05) is 54.0 Å². The third kappa shape index (κ3) is 4.80. The highest BCUT2D eigenvalue weighted by molar-refractivity contribution is 5.88. The van der Waals surface area contributed by atoms with E-state index in [-0.39, 0.29) is 29.8 Å². The zero-order chi connectivity index (χ0) is 23.7. The second kappa shape index (κ2) is 9.59. The first-order chi connectivity index (χ1) is 16.4. The van der Waals surface area contributed by atoms with Crippen LogP contribution in [0.3, 0.4) is 0 Å². The molecule has 1 aromatic carbocycles. The first-order valence-corrected chi connectivity index (χ1v) is 13.1. The number of carbonyl (C=O) groups is 2. The molecule has 4 aliphatic rings. The lowest BCUT2D eigenvalue weighted by Crippen LogP contribution is -2.57. The molecular weight excluding hydrogens is 424 g/mol. The molecule has 0 atom stereocenters. The van der Waals surface area contributed by atoms with Crippen LogP contribution in [0.5, 0.6) is 0 Å². The summed E-state index contributed by atoms with van der Waals surface area (Å²) in [6, 6.07) is 14.0. The average molecular weight is 463 g/mol. The number of benzene rings is 1. The van der Waals surface area contributed by atoms with Crippen LogP contribution >= 0.6 is 0 Å². The second-order valence-corrected chi connectivity index (χ2v) is 11.4. The summed E-state index contributed by atoms with van der Waals surface area (Å²) in [5.74, 6) is 3.13. The quantitative estimate of drug-likeness (QED) is 0.508. The van der Waals surface area contributed by atoms with Crippen molar-refractivity contribution in [1.29, 1.82) is 0 Å². The molecule has 6 rings (SSSR count). The van der Waals surface area contributed by atoms with Gasteiger partial charge in [0.05, 0.1) is 18.2 Å². The number of hydrogen-bond donors (Lipinski definition) is 0. The number of nitrogens with zero attached hydrogens (tertiary/aromatic N) is 2. The molecule has 2 amide bonds. The van der Waals surface area contributed by atoms with Crippen LogP contribution in [0.1, 0.15) is 63.7 Å². The molecule has 0 aliphatic heterocycles. The summed E-state index contributed by atoms with van der Waals surface area (Å²) in [4.78, 5) is 31.4. The summed E-state index contributed by atoms with van der Waals surface area (Å²) in [6.07, 6.45) is 9.43. The number of hydrogen-bond acceptors (Lipinski definition) is 3. The molecule has 0 N–H and O–H groups in total. The van der Waals surface area contributed by atoms with E-state index in [0.717, 1.165) is 31.4 Å². The van der Waals surface area contributed by atoms with Gasteiger partial charge in [0.2, 0.25) is 11.8 Å². The van der Waals surface area contributed by atoms with Gasteiger partial charge in [-0.1, -0.05) is 30.3 Å². The minimum atomic E-state index is -0.227. The lowest BCUT2D eigenvalue weighted by Gasteiger charge is -2.57. The summed E-state index contributed by atoms with van der Waals surface area (Å²) in [5.41, 5.74) is 0.972. The van der Waals surface area contributed by atoms with Crippen molar-refractivity contribution in [1.82, 2.24) is 9.80 Å². The fourth-order valence-electron chi connectivity index (χ4n) is 7.20. The Bertz CT molecular complexity index is 947. The second-order valence-electron chi connectivity index (χ2n) is 11.4. The predicted molar refractivity (Wildman–Crippen MR) is 132 cm³/mol. The van der Waals surface area contributed by atoms with E-state index in [0.29, 0.717) is 30.8 Å². The highest BCUT2D eigenvalue weighted by Gasteiger charge is 2.56. The van der Waals surface area contributed by atoms with Gasteiger partial charge in [-0.25, -0.2) is 0 Å². The summed E-state index contributed by atoms with van der Waals surface area (Å²) in [6.45, 7) is 5.27. The SMILES string of the molecule is CC(C)N(CC(=O)N(CCc1ccccc1)Cc1ccco1)C(=O)C12CC3CC(CC(C3)C1)C2. The number of amides is 2. The Labute approximate surface area is 203 Å². The van der Waals surface area contributed by atoms with Crippen molar-refractivity contribution in [3.05, 3.63) is 60.1 Å². The van der Waals surface area contributed by atoms with Crippen LogP contribution < -0.4 is 0 Å². The fourth-order valence-corrected chi connectivity index (χ4v) is 7.20. The molecule has 4 saturated carbocycles. The van der Waals surface area contributed by atoms with Gasteiger partial charge in [0, 0.05) is 12.6 Å². The maximum Gasteiger partial charge on any atom is 0.242 e. The molecule has 4 aliphatic carbocycles. The van der Waals surface area contributed by atoms with Gasteiger partial charge in [0.15, 0.2) is 0 Å². The van der Waals surface area contributed by atoms with Crippen molar-refractivity contribution in [2.45, 2.75) is 71.4 Å². The van der Waals surface area contributed by atoms with Gasteiger partial charge in [-0.2, -0.15) is 0 Å². The number of furan rings is 1. The van der Waals surface area contributed by atoms with Crippen LogP contribution in [-0.2, 0) is 22.6 Å². The normalized spacial score (nSPS) is 27.2. The standard InChI is InChI=1S/C29H38N2O3/c1-21(2)31(28(33)29-16-23-13-24(17-29)15-25(14-23)18-29)20-27(32)30(19-26-9-6-12-34-26)11-10-22-7-4-3-5-8-22/h3-9,12,21,23-25H,10-11,13-20H2,1-2H3.